The Morgan fingerprint density at radius 3 is 1.96 bits per heavy atom. The van der Waals surface area contributed by atoms with Crippen molar-refractivity contribution < 1.29 is 19.1 Å². The zero-order chi connectivity index (χ0) is 17.0. The highest BCUT2D eigenvalue weighted by atomic mass is 31.2. The van der Waals surface area contributed by atoms with E-state index in [9.17, 15) is 19.1 Å². The Hall–Kier alpha value is -1.94. The molecule has 122 valence electrons. The summed E-state index contributed by atoms with van der Waals surface area (Å²) in [6.45, 7) is 3.31. The molecule has 0 bridgehead atoms. The Labute approximate surface area is 135 Å². The van der Waals surface area contributed by atoms with Crippen molar-refractivity contribution >= 4 is 13.5 Å². The number of benzene rings is 2. The van der Waals surface area contributed by atoms with E-state index < -0.39 is 19.3 Å². The van der Waals surface area contributed by atoms with E-state index in [1.807, 2.05) is 42.5 Å². The molecule has 0 heterocycles. The van der Waals surface area contributed by atoms with Gasteiger partial charge < -0.3 is 15.1 Å². The zero-order valence-corrected chi connectivity index (χ0v) is 13.9. The highest BCUT2D eigenvalue weighted by Crippen LogP contribution is 2.43. The second-order valence-electron chi connectivity index (χ2n) is 5.69. The van der Waals surface area contributed by atoms with E-state index in [2.05, 4.69) is 5.32 Å². The minimum absolute atomic E-state index is 0.365. The van der Waals surface area contributed by atoms with Gasteiger partial charge in [0.1, 0.15) is 5.78 Å². The van der Waals surface area contributed by atoms with Crippen molar-refractivity contribution in [2.24, 2.45) is 5.92 Å². The largest absolute Gasteiger partial charge is 0.347 e. The lowest BCUT2D eigenvalue weighted by Crippen LogP contribution is -2.38. The normalized spacial score (nSPS) is 12.9. The van der Waals surface area contributed by atoms with Gasteiger partial charge in [-0.1, -0.05) is 56.3 Å². The van der Waals surface area contributed by atoms with Gasteiger partial charge in [0.05, 0.1) is 0 Å². The first-order valence-electron chi connectivity index (χ1n) is 7.30. The van der Waals surface area contributed by atoms with E-state index in [0.29, 0.717) is 5.56 Å². The zero-order valence-electron chi connectivity index (χ0n) is 13.0. The summed E-state index contributed by atoms with van der Waals surface area (Å²) in [7, 11) is -4.40. The van der Waals surface area contributed by atoms with E-state index in [4.69, 9.17) is 0 Å². The average molecular weight is 333 g/mol. The minimum Gasteiger partial charge on any atom is -0.338 e. The van der Waals surface area contributed by atoms with Crippen LogP contribution in [-0.4, -0.2) is 21.5 Å². The van der Waals surface area contributed by atoms with Crippen molar-refractivity contribution in [2.45, 2.75) is 19.6 Å². The molecule has 1 atom stereocenters. The molecule has 0 aliphatic heterocycles. The molecule has 5 nitrogen and oxygen atoms in total. The standard InChI is InChI=1S/C17H20NO4P/c1-12(2)17(23(20,21)22)18-16(19)15-10-8-14(9-11-15)13-6-4-3-5-7-13/h3-12,17H,1-2H3,(H,18,19)(H2,20,21,22). The number of carbonyl (C=O) groups excluding carboxylic acids is 1. The lowest BCUT2D eigenvalue weighted by molar-refractivity contribution is 0.0935. The van der Waals surface area contributed by atoms with Crippen LogP contribution in [0.25, 0.3) is 11.1 Å². The van der Waals surface area contributed by atoms with Crippen LogP contribution in [0.15, 0.2) is 54.6 Å². The van der Waals surface area contributed by atoms with Gasteiger partial charge in [-0.3, -0.25) is 9.36 Å². The highest BCUT2D eigenvalue weighted by molar-refractivity contribution is 7.52. The SMILES string of the molecule is CC(C)C(NC(=O)c1ccc(-c2ccccc2)cc1)P(=O)(O)O. The maximum atomic E-state index is 12.2. The van der Waals surface area contributed by atoms with Crippen LogP contribution >= 0.6 is 7.60 Å². The van der Waals surface area contributed by atoms with Crippen molar-refractivity contribution in [3.63, 3.8) is 0 Å². The van der Waals surface area contributed by atoms with Gasteiger partial charge in [0.15, 0.2) is 0 Å². The van der Waals surface area contributed by atoms with Gasteiger partial charge in [-0.25, -0.2) is 0 Å². The van der Waals surface area contributed by atoms with Crippen molar-refractivity contribution in [1.82, 2.24) is 5.32 Å². The molecule has 0 aromatic heterocycles. The van der Waals surface area contributed by atoms with Crippen molar-refractivity contribution in [3.8, 4) is 11.1 Å². The third-order valence-corrected chi connectivity index (χ3v) is 4.98. The molecular formula is C17H20NO4P. The number of carbonyl (C=O) groups is 1. The van der Waals surface area contributed by atoms with E-state index >= 15 is 0 Å². The maximum Gasteiger partial charge on any atom is 0.347 e. The highest BCUT2D eigenvalue weighted by Gasteiger charge is 2.33. The molecule has 0 spiro atoms. The fourth-order valence-corrected chi connectivity index (χ4v) is 3.36. The molecule has 0 saturated heterocycles. The second-order valence-corrected chi connectivity index (χ2v) is 7.43. The molecule has 3 N–H and O–H groups in total. The fourth-order valence-electron chi connectivity index (χ4n) is 2.30. The number of nitrogens with one attached hydrogen (secondary N) is 1. The smallest absolute Gasteiger partial charge is 0.338 e. The average Bonchev–Trinajstić information content (AvgIpc) is 2.52. The summed E-state index contributed by atoms with van der Waals surface area (Å²) in [6, 6.07) is 16.7. The van der Waals surface area contributed by atoms with Crippen LogP contribution < -0.4 is 5.32 Å². The van der Waals surface area contributed by atoms with Gasteiger partial charge in [-0.15, -0.1) is 0 Å². The minimum atomic E-state index is -4.40. The number of hydrogen-bond donors (Lipinski definition) is 3. The quantitative estimate of drug-likeness (QED) is 0.733. The van der Waals surface area contributed by atoms with E-state index in [1.165, 1.54) is 0 Å². The van der Waals surface area contributed by atoms with Crippen LogP contribution in [0.1, 0.15) is 24.2 Å². The Bertz CT molecular complexity index is 707. The number of hydrogen-bond acceptors (Lipinski definition) is 2. The number of amides is 1. The van der Waals surface area contributed by atoms with Crippen LogP contribution in [0, 0.1) is 5.92 Å². The maximum absolute atomic E-state index is 12.2. The first-order valence-corrected chi connectivity index (χ1v) is 8.99. The molecule has 2 rings (SSSR count). The third kappa shape index (κ3) is 4.52. The summed E-state index contributed by atoms with van der Waals surface area (Å²) in [5.41, 5.74) is 2.37. The molecule has 0 fully saturated rings. The van der Waals surface area contributed by atoms with Crippen molar-refractivity contribution in [3.05, 3.63) is 60.2 Å². The Kier molecular flexibility index (Phi) is 5.37. The molecule has 23 heavy (non-hydrogen) atoms. The Morgan fingerprint density at radius 1 is 0.957 bits per heavy atom. The fraction of sp³-hybridized carbons (Fsp3) is 0.235. The van der Waals surface area contributed by atoms with Gasteiger partial charge in [0.25, 0.3) is 5.91 Å². The lowest BCUT2D eigenvalue weighted by atomic mass is 10.0. The lowest BCUT2D eigenvalue weighted by Gasteiger charge is -2.23. The monoisotopic (exact) mass is 333 g/mol. The summed E-state index contributed by atoms with van der Waals surface area (Å²) in [5, 5.41) is 2.43. The topological polar surface area (TPSA) is 86.6 Å². The predicted molar refractivity (Wildman–Crippen MR) is 90.0 cm³/mol. The molecular weight excluding hydrogens is 313 g/mol. The Morgan fingerprint density at radius 2 is 1.48 bits per heavy atom. The van der Waals surface area contributed by atoms with Gasteiger partial charge in [0.2, 0.25) is 0 Å². The van der Waals surface area contributed by atoms with E-state index in [0.717, 1.165) is 11.1 Å². The first-order chi connectivity index (χ1) is 10.8. The molecule has 0 radical (unpaired) electrons. The molecule has 0 aliphatic carbocycles. The molecule has 2 aromatic carbocycles. The summed E-state index contributed by atoms with van der Waals surface area (Å²) < 4.78 is 11.5. The Balaban J connectivity index is 2.16. The van der Waals surface area contributed by atoms with Gasteiger partial charge in [0, 0.05) is 5.56 Å². The van der Waals surface area contributed by atoms with Gasteiger partial charge in [-0.2, -0.15) is 0 Å². The second kappa shape index (κ2) is 7.09. The first kappa shape index (κ1) is 17.4. The van der Waals surface area contributed by atoms with Gasteiger partial charge in [-0.05, 0) is 29.2 Å². The van der Waals surface area contributed by atoms with Crippen molar-refractivity contribution in [1.29, 1.82) is 0 Å². The predicted octanol–water partition coefficient (Wildman–Crippen LogP) is 3.24. The summed E-state index contributed by atoms with van der Waals surface area (Å²) >= 11 is 0. The van der Waals surface area contributed by atoms with Crippen LogP contribution in [0.3, 0.4) is 0 Å². The summed E-state index contributed by atoms with van der Waals surface area (Å²) in [5.74, 6) is -2.06. The van der Waals surface area contributed by atoms with E-state index in [-0.39, 0.29) is 5.92 Å². The van der Waals surface area contributed by atoms with Gasteiger partial charge >= 0.3 is 7.60 Å². The molecule has 6 heteroatoms. The van der Waals surface area contributed by atoms with Crippen molar-refractivity contribution in [2.75, 3.05) is 0 Å². The molecule has 0 saturated carbocycles. The molecule has 1 unspecified atom stereocenters. The summed E-state index contributed by atoms with van der Waals surface area (Å²) in [6.07, 6.45) is 0. The number of rotatable bonds is 5. The van der Waals surface area contributed by atoms with Crippen LogP contribution in [0.2, 0.25) is 0 Å². The third-order valence-electron chi connectivity index (χ3n) is 3.53. The van der Waals surface area contributed by atoms with Crippen LogP contribution in [0.5, 0.6) is 0 Å². The molecule has 2 aromatic rings. The van der Waals surface area contributed by atoms with Crippen LogP contribution in [-0.2, 0) is 4.57 Å². The summed E-state index contributed by atoms with van der Waals surface area (Å²) in [4.78, 5) is 30.9. The van der Waals surface area contributed by atoms with Crippen LogP contribution in [0.4, 0.5) is 0 Å². The molecule has 0 aliphatic rings. The van der Waals surface area contributed by atoms with E-state index in [1.54, 1.807) is 26.0 Å². The molecule has 1 amide bonds.